The van der Waals surface area contributed by atoms with Crippen molar-refractivity contribution in [3.63, 3.8) is 0 Å². The van der Waals surface area contributed by atoms with E-state index in [9.17, 15) is 28.8 Å². The molecule has 0 amide bonds. The van der Waals surface area contributed by atoms with E-state index in [2.05, 4.69) is 13.2 Å². The molecule has 0 saturated heterocycles. The topological polar surface area (TPSA) is 323 Å². The summed E-state index contributed by atoms with van der Waals surface area (Å²) in [7, 11) is 0. The van der Waals surface area contributed by atoms with Crippen LogP contribution in [0.1, 0.15) is 118 Å². The Balaban J connectivity index is -0.000000154. The maximum absolute atomic E-state index is 11.0. The summed E-state index contributed by atoms with van der Waals surface area (Å²) in [6.07, 6.45) is 11.6. The molecular formula is C38H69NaO18. The number of aliphatic hydroxyl groups is 6. The second kappa shape index (κ2) is 41.2. The van der Waals surface area contributed by atoms with Gasteiger partial charge in [-0.3, -0.25) is 19.2 Å². The van der Waals surface area contributed by atoms with Gasteiger partial charge >= 0.3 is 65.4 Å². The molecular weight excluding hydrogens is 767 g/mol. The zero-order valence-electron chi connectivity index (χ0n) is 35.1. The molecule has 57 heavy (non-hydrogen) atoms. The van der Waals surface area contributed by atoms with E-state index in [-0.39, 0.29) is 81.0 Å². The standard InChI is InChI=1S/2C10H18O4.2C9H16O5.Na.H/c2*11-9(12)7-5-3-1-2-4-6-8-10(13)14;2*1-7(2)8(13)14-6-9(3-10,4-11)5-12;;/h2*1-8H2,(H,11,12)(H,13,14);2*10-12H,1,3-6H2,2H3;;/q;;;;+1;-1. The first-order chi connectivity index (χ1) is 26.3. The van der Waals surface area contributed by atoms with Crippen molar-refractivity contribution in [1.82, 2.24) is 0 Å². The van der Waals surface area contributed by atoms with Gasteiger partial charge in [-0.05, 0) is 39.5 Å². The van der Waals surface area contributed by atoms with Crippen LogP contribution in [0.4, 0.5) is 0 Å². The fourth-order valence-corrected chi connectivity index (χ4v) is 3.78. The number of hydrogen-bond acceptors (Lipinski definition) is 14. The van der Waals surface area contributed by atoms with E-state index in [0.29, 0.717) is 0 Å². The van der Waals surface area contributed by atoms with Crippen molar-refractivity contribution in [1.29, 1.82) is 0 Å². The summed E-state index contributed by atoms with van der Waals surface area (Å²) in [5.74, 6) is -4.17. The number of carboxylic acid groups (broad SMARTS) is 4. The molecule has 18 nitrogen and oxygen atoms in total. The van der Waals surface area contributed by atoms with Crippen LogP contribution in [-0.2, 0) is 38.2 Å². The maximum Gasteiger partial charge on any atom is 1.00 e. The number of carboxylic acids is 4. The third-order valence-electron chi connectivity index (χ3n) is 7.79. The van der Waals surface area contributed by atoms with E-state index in [4.69, 9.17) is 60.5 Å². The van der Waals surface area contributed by atoms with Crippen molar-refractivity contribution in [3.05, 3.63) is 24.3 Å². The third kappa shape index (κ3) is 42.5. The van der Waals surface area contributed by atoms with Crippen LogP contribution < -0.4 is 29.6 Å². The minimum atomic E-state index is -1.18. The summed E-state index contributed by atoms with van der Waals surface area (Å²) in [5, 5.41) is 86.8. The second-order valence-electron chi connectivity index (χ2n) is 13.5. The number of aliphatic hydroxyl groups excluding tert-OH is 6. The van der Waals surface area contributed by atoms with Gasteiger partial charge in [0.15, 0.2) is 0 Å². The maximum atomic E-state index is 11.0. The molecule has 0 aromatic rings. The van der Waals surface area contributed by atoms with Crippen LogP contribution >= 0.6 is 0 Å². The number of esters is 2. The van der Waals surface area contributed by atoms with E-state index < -0.39 is 86.3 Å². The smallest absolute Gasteiger partial charge is 1.00 e. The molecule has 0 heterocycles. The molecule has 10 N–H and O–H groups in total. The molecule has 19 heteroatoms. The first-order valence-electron chi connectivity index (χ1n) is 18.5. The van der Waals surface area contributed by atoms with Crippen molar-refractivity contribution in [3.8, 4) is 0 Å². The molecule has 0 aromatic carbocycles. The van der Waals surface area contributed by atoms with E-state index in [1.165, 1.54) is 13.8 Å². The molecule has 330 valence electrons. The van der Waals surface area contributed by atoms with Crippen molar-refractivity contribution < 1.29 is 120 Å². The van der Waals surface area contributed by atoms with Crippen LogP contribution in [0, 0.1) is 10.8 Å². The molecule has 0 aliphatic heterocycles. The summed E-state index contributed by atoms with van der Waals surface area (Å²) < 4.78 is 9.45. The molecule has 0 spiro atoms. The Morgan fingerprint density at radius 1 is 0.421 bits per heavy atom. The average molecular weight is 837 g/mol. The van der Waals surface area contributed by atoms with Crippen LogP contribution in [0.3, 0.4) is 0 Å². The number of aliphatic carboxylic acids is 4. The monoisotopic (exact) mass is 836 g/mol. The molecule has 0 rings (SSSR count). The predicted octanol–water partition coefficient (Wildman–Crippen LogP) is -0.193. The van der Waals surface area contributed by atoms with Crippen molar-refractivity contribution in [2.75, 3.05) is 52.9 Å². The molecule has 0 radical (unpaired) electrons. The van der Waals surface area contributed by atoms with Crippen LogP contribution in [-0.4, -0.2) is 140 Å². The minimum absolute atomic E-state index is 0. The largest absolute Gasteiger partial charge is 1.00 e. The van der Waals surface area contributed by atoms with Gasteiger partial charge in [0.1, 0.15) is 13.2 Å². The number of carbonyl (C=O) groups is 6. The van der Waals surface area contributed by atoms with Crippen LogP contribution in [0.15, 0.2) is 24.3 Å². The number of unbranched alkanes of at least 4 members (excludes halogenated alkanes) is 10. The number of carbonyl (C=O) groups excluding carboxylic acids is 2. The van der Waals surface area contributed by atoms with Crippen molar-refractivity contribution >= 4 is 35.8 Å². The summed E-state index contributed by atoms with van der Waals surface area (Å²) in [4.78, 5) is 62.5. The van der Waals surface area contributed by atoms with E-state index >= 15 is 0 Å². The fourth-order valence-electron chi connectivity index (χ4n) is 3.78. The molecule has 0 unspecified atom stereocenters. The number of rotatable bonds is 30. The van der Waals surface area contributed by atoms with E-state index in [1.807, 2.05) is 0 Å². The van der Waals surface area contributed by atoms with Gasteiger partial charge in [0.25, 0.3) is 0 Å². The Labute approximate surface area is 359 Å². The van der Waals surface area contributed by atoms with Gasteiger partial charge in [-0.1, -0.05) is 64.5 Å². The first-order valence-corrected chi connectivity index (χ1v) is 18.5. The van der Waals surface area contributed by atoms with E-state index in [1.54, 1.807) is 0 Å². The Hall–Kier alpha value is -2.94. The molecule has 0 fully saturated rings. The van der Waals surface area contributed by atoms with Gasteiger partial charge in [-0.25, -0.2) is 9.59 Å². The van der Waals surface area contributed by atoms with Crippen molar-refractivity contribution in [2.24, 2.45) is 10.8 Å². The van der Waals surface area contributed by atoms with Gasteiger partial charge in [0.2, 0.25) is 0 Å². The molecule has 0 atom stereocenters. The molecule has 0 aliphatic carbocycles. The first kappa shape index (κ1) is 63.2. The third-order valence-corrected chi connectivity index (χ3v) is 7.79. The van der Waals surface area contributed by atoms with Crippen LogP contribution in [0.2, 0.25) is 0 Å². The van der Waals surface area contributed by atoms with Gasteiger partial charge in [-0.15, -0.1) is 0 Å². The quantitative estimate of drug-likeness (QED) is 0.0194. The Morgan fingerprint density at radius 3 is 0.737 bits per heavy atom. The Morgan fingerprint density at radius 2 is 0.596 bits per heavy atom. The zero-order valence-corrected chi connectivity index (χ0v) is 36.1. The molecule has 0 aliphatic rings. The summed E-state index contributed by atoms with van der Waals surface area (Å²) >= 11 is 0. The van der Waals surface area contributed by atoms with Gasteiger partial charge in [0, 0.05) is 36.8 Å². The molecule has 0 aromatic heterocycles. The van der Waals surface area contributed by atoms with Gasteiger partial charge < -0.3 is 62.0 Å². The summed E-state index contributed by atoms with van der Waals surface area (Å²) in [6, 6.07) is 0. The summed E-state index contributed by atoms with van der Waals surface area (Å²) in [5.41, 5.74) is -1.89. The molecule has 0 saturated carbocycles. The zero-order chi connectivity index (χ0) is 44.0. The fraction of sp³-hybridized carbons (Fsp3) is 0.737. The Bertz CT molecular complexity index is 984. The van der Waals surface area contributed by atoms with Gasteiger partial charge in [0.05, 0.1) is 50.5 Å². The minimum Gasteiger partial charge on any atom is -1.00 e. The normalized spacial score (nSPS) is 10.4. The predicted molar refractivity (Wildman–Crippen MR) is 204 cm³/mol. The van der Waals surface area contributed by atoms with Crippen molar-refractivity contribution in [2.45, 2.75) is 117 Å². The Kier molecular flexibility index (Phi) is 45.7. The summed E-state index contributed by atoms with van der Waals surface area (Å²) in [6.45, 7) is 6.52. The average Bonchev–Trinajstić information content (AvgIpc) is 3.15. The SMILES string of the molecule is C=C(C)C(=O)OCC(CO)(CO)CO.C=C(C)C(=O)OCC(CO)(CO)CO.O=C(O)CCCCCCCCC(=O)O.O=C(O)CCCCCCCCC(=O)O.[H-].[Na+]. The number of hydrogen-bond donors (Lipinski definition) is 10. The number of ether oxygens (including phenoxy) is 2. The second-order valence-corrected chi connectivity index (χ2v) is 13.5. The van der Waals surface area contributed by atoms with Crippen LogP contribution in [0.5, 0.6) is 0 Å². The van der Waals surface area contributed by atoms with Crippen LogP contribution in [0.25, 0.3) is 0 Å². The molecule has 0 bridgehead atoms. The van der Waals surface area contributed by atoms with E-state index in [0.717, 1.165) is 77.0 Å². The van der Waals surface area contributed by atoms with Gasteiger partial charge in [-0.2, -0.15) is 0 Å².